The number of carbonyl (C=O) groups is 2. The van der Waals surface area contributed by atoms with Crippen LogP contribution in [0, 0.1) is 0 Å². The van der Waals surface area contributed by atoms with Gasteiger partial charge in [-0.3, -0.25) is 9.59 Å². The molecular formula is C15H21N3O3. The highest BCUT2D eigenvalue weighted by atomic mass is 16.5. The first-order valence-electron chi connectivity index (χ1n) is 6.92. The zero-order valence-electron chi connectivity index (χ0n) is 12.3. The summed E-state index contributed by atoms with van der Waals surface area (Å²) < 4.78 is 5.67. The number of primary amides is 2. The van der Waals surface area contributed by atoms with Crippen molar-refractivity contribution in [1.82, 2.24) is 0 Å². The molecule has 0 radical (unpaired) electrons. The van der Waals surface area contributed by atoms with E-state index < -0.39 is 11.8 Å². The molecule has 1 atom stereocenters. The Kier molecular flexibility index (Phi) is 4.18. The molecule has 1 aromatic carbocycles. The van der Waals surface area contributed by atoms with E-state index in [0.29, 0.717) is 12.3 Å². The van der Waals surface area contributed by atoms with Crippen LogP contribution in [-0.2, 0) is 4.74 Å². The summed E-state index contributed by atoms with van der Waals surface area (Å²) in [6.07, 6.45) is 1.69. The molecule has 5 N–H and O–H groups in total. The summed E-state index contributed by atoms with van der Waals surface area (Å²) in [5, 5.41) is 3.33. The lowest BCUT2D eigenvalue weighted by Gasteiger charge is -2.36. The molecule has 114 valence electrons. The van der Waals surface area contributed by atoms with E-state index in [1.165, 1.54) is 6.07 Å². The molecule has 21 heavy (non-hydrogen) atoms. The second-order valence-electron chi connectivity index (χ2n) is 5.97. The molecule has 0 bridgehead atoms. The van der Waals surface area contributed by atoms with Gasteiger partial charge in [0.2, 0.25) is 11.8 Å². The van der Waals surface area contributed by atoms with Crippen LogP contribution < -0.4 is 16.8 Å². The molecule has 1 saturated heterocycles. The molecule has 1 unspecified atom stereocenters. The number of hydrogen-bond acceptors (Lipinski definition) is 4. The van der Waals surface area contributed by atoms with Crippen LogP contribution in [0.15, 0.2) is 18.2 Å². The van der Waals surface area contributed by atoms with E-state index in [1.807, 2.05) is 13.8 Å². The zero-order valence-corrected chi connectivity index (χ0v) is 12.3. The summed E-state index contributed by atoms with van der Waals surface area (Å²) in [6.45, 7) is 4.74. The predicted octanol–water partition coefficient (Wildman–Crippen LogP) is 1.25. The smallest absolute Gasteiger partial charge is 0.248 e. The molecule has 2 rings (SSSR count). The van der Waals surface area contributed by atoms with Gasteiger partial charge in [0.1, 0.15) is 0 Å². The van der Waals surface area contributed by atoms with Crippen LogP contribution in [0.4, 0.5) is 5.69 Å². The number of ether oxygens (including phenoxy) is 1. The second kappa shape index (κ2) is 5.73. The van der Waals surface area contributed by atoms with Crippen LogP contribution >= 0.6 is 0 Å². The van der Waals surface area contributed by atoms with E-state index in [1.54, 1.807) is 12.1 Å². The lowest BCUT2D eigenvalue weighted by molar-refractivity contribution is -0.0553. The Hall–Kier alpha value is -2.08. The highest BCUT2D eigenvalue weighted by molar-refractivity contribution is 5.99. The van der Waals surface area contributed by atoms with Crippen molar-refractivity contribution < 1.29 is 14.3 Å². The van der Waals surface area contributed by atoms with Crippen molar-refractivity contribution in [3.63, 3.8) is 0 Å². The fraction of sp³-hybridized carbons (Fsp3) is 0.467. The average molecular weight is 291 g/mol. The SMILES string of the molecule is CC1(C)CC(Nc2cc(C(N)=O)cc(C(N)=O)c2)CCO1. The molecule has 0 aliphatic carbocycles. The number of carbonyl (C=O) groups excluding carboxylic acids is 2. The van der Waals surface area contributed by atoms with E-state index in [0.717, 1.165) is 12.8 Å². The van der Waals surface area contributed by atoms with E-state index >= 15 is 0 Å². The molecule has 2 amide bonds. The third kappa shape index (κ3) is 3.95. The molecule has 1 aliphatic heterocycles. The van der Waals surface area contributed by atoms with Gasteiger partial charge < -0.3 is 21.5 Å². The topological polar surface area (TPSA) is 107 Å². The number of benzene rings is 1. The maximum Gasteiger partial charge on any atom is 0.248 e. The Bertz CT molecular complexity index is 537. The molecule has 0 saturated carbocycles. The summed E-state index contributed by atoms with van der Waals surface area (Å²) >= 11 is 0. The van der Waals surface area contributed by atoms with Crippen LogP contribution in [0.5, 0.6) is 0 Å². The molecule has 1 fully saturated rings. The minimum atomic E-state index is -0.589. The number of anilines is 1. The summed E-state index contributed by atoms with van der Waals surface area (Å²) in [5.41, 5.74) is 11.6. The number of nitrogens with one attached hydrogen (secondary N) is 1. The molecule has 6 heteroatoms. The highest BCUT2D eigenvalue weighted by Crippen LogP contribution is 2.27. The van der Waals surface area contributed by atoms with Gasteiger partial charge in [0.25, 0.3) is 0 Å². The lowest BCUT2D eigenvalue weighted by Crippen LogP contribution is -2.40. The first-order chi connectivity index (χ1) is 9.77. The van der Waals surface area contributed by atoms with E-state index in [2.05, 4.69) is 5.32 Å². The normalized spacial score (nSPS) is 20.8. The van der Waals surface area contributed by atoms with Gasteiger partial charge in [-0.2, -0.15) is 0 Å². The molecule has 1 aromatic rings. The van der Waals surface area contributed by atoms with Crippen LogP contribution in [0.3, 0.4) is 0 Å². The van der Waals surface area contributed by atoms with Crippen molar-refractivity contribution in [2.75, 3.05) is 11.9 Å². The van der Waals surface area contributed by atoms with Gasteiger partial charge in [-0.15, -0.1) is 0 Å². The largest absolute Gasteiger partial charge is 0.382 e. The Morgan fingerprint density at radius 2 is 1.76 bits per heavy atom. The number of hydrogen-bond donors (Lipinski definition) is 3. The third-order valence-electron chi connectivity index (χ3n) is 3.57. The Labute approximate surface area is 123 Å². The maximum absolute atomic E-state index is 11.3. The maximum atomic E-state index is 11.3. The standard InChI is InChI=1S/C15H21N3O3/c1-15(2)8-11(3-4-21-15)18-12-6-9(13(16)19)5-10(7-12)14(17)20/h5-7,11,18H,3-4,8H2,1-2H3,(H2,16,19)(H2,17,20). The molecule has 1 heterocycles. The van der Waals surface area contributed by atoms with Gasteiger partial charge >= 0.3 is 0 Å². The zero-order chi connectivity index (χ0) is 15.6. The number of amides is 2. The van der Waals surface area contributed by atoms with Crippen molar-refractivity contribution in [1.29, 1.82) is 0 Å². The monoisotopic (exact) mass is 291 g/mol. The Morgan fingerprint density at radius 1 is 1.19 bits per heavy atom. The third-order valence-corrected chi connectivity index (χ3v) is 3.57. The van der Waals surface area contributed by atoms with Gasteiger partial charge in [-0.25, -0.2) is 0 Å². The number of nitrogens with two attached hydrogens (primary N) is 2. The minimum absolute atomic E-state index is 0.191. The predicted molar refractivity (Wildman–Crippen MR) is 80.2 cm³/mol. The molecule has 6 nitrogen and oxygen atoms in total. The van der Waals surface area contributed by atoms with Crippen LogP contribution in [-0.4, -0.2) is 30.1 Å². The van der Waals surface area contributed by atoms with Gasteiger partial charge in [0, 0.05) is 29.5 Å². The van der Waals surface area contributed by atoms with Crippen molar-refractivity contribution >= 4 is 17.5 Å². The highest BCUT2D eigenvalue weighted by Gasteiger charge is 2.28. The van der Waals surface area contributed by atoms with Gasteiger partial charge in [0.05, 0.1) is 5.60 Å². The van der Waals surface area contributed by atoms with E-state index in [9.17, 15) is 9.59 Å². The van der Waals surface area contributed by atoms with Gasteiger partial charge in [-0.1, -0.05) is 0 Å². The van der Waals surface area contributed by atoms with E-state index in [-0.39, 0.29) is 22.8 Å². The van der Waals surface area contributed by atoms with E-state index in [4.69, 9.17) is 16.2 Å². The molecular weight excluding hydrogens is 270 g/mol. The average Bonchev–Trinajstić information content (AvgIpc) is 2.36. The van der Waals surface area contributed by atoms with Crippen molar-refractivity contribution in [2.24, 2.45) is 11.5 Å². The van der Waals surface area contributed by atoms with Crippen LogP contribution in [0.2, 0.25) is 0 Å². The fourth-order valence-electron chi connectivity index (χ4n) is 2.59. The summed E-state index contributed by atoms with van der Waals surface area (Å²) in [4.78, 5) is 22.7. The first kappa shape index (κ1) is 15.3. The lowest BCUT2D eigenvalue weighted by atomic mass is 9.93. The summed E-state index contributed by atoms with van der Waals surface area (Å²) in [7, 11) is 0. The first-order valence-corrected chi connectivity index (χ1v) is 6.92. The Balaban J connectivity index is 2.22. The van der Waals surface area contributed by atoms with Crippen molar-refractivity contribution in [2.45, 2.75) is 38.3 Å². The Morgan fingerprint density at radius 3 is 2.24 bits per heavy atom. The molecule has 1 aliphatic rings. The summed E-state index contributed by atoms with van der Waals surface area (Å²) in [6, 6.07) is 4.88. The fourth-order valence-corrected chi connectivity index (χ4v) is 2.59. The summed E-state index contributed by atoms with van der Waals surface area (Å²) in [5.74, 6) is -1.18. The van der Waals surface area contributed by atoms with Gasteiger partial charge in [0.15, 0.2) is 0 Å². The molecule has 0 aromatic heterocycles. The minimum Gasteiger partial charge on any atom is -0.382 e. The quantitative estimate of drug-likeness (QED) is 0.776. The molecule has 0 spiro atoms. The van der Waals surface area contributed by atoms with Gasteiger partial charge in [-0.05, 0) is 44.9 Å². The van der Waals surface area contributed by atoms with Crippen molar-refractivity contribution in [3.8, 4) is 0 Å². The second-order valence-corrected chi connectivity index (χ2v) is 5.97. The van der Waals surface area contributed by atoms with Crippen LogP contribution in [0.1, 0.15) is 47.4 Å². The van der Waals surface area contributed by atoms with Crippen molar-refractivity contribution in [3.05, 3.63) is 29.3 Å². The number of rotatable bonds is 4. The van der Waals surface area contributed by atoms with Crippen LogP contribution in [0.25, 0.3) is 0 Å².